The van der Waals surface area contributed by atoms with Crippen molar-refractivity contribution in [3.05, 3.63) is 71.3 Å². The van der Waals surface area contributed by atoms with Crippen LogP contribution in [0.3, 0.4) is 0 Å². The van der Waals surface area contributed by atoms with Crippen LogP contribution in [0.2, 0.25) is 0 Å². The van der Waals surface area contributed by atoms with Gasteiger partial charge in [-0.1, -0.05) is 30.2 Å². The quantitative estimate of drug-likeness (QED) is 0.392. The number of benzene rings is 1. The van der Waals surface area contributed by atoms with Gasteiger partial charge in [0.05, 0.1) is 34.6 Å². The van der Waals surface area contributed by atoms with Gasteiger partial charge < -0.3 is 20.5 Å². The van der Waals surface area contributed by atoms with E-state index in [-0.39, 0.29) is 29.4 Å². The van der Waals surface area contributed by atoms with Crippen molar-refractivity contribution < 1.29 is 14.1 Å². The number of nitrogens with two attached hydrogens (primary N) is 1. The lowest BCUT2D eigenvalue weighted by Crippen LogP contribution is -2.48. The Kier molecular flexibility index (Phi) is 8.08. The summed E-state index contributed by atoms with van der Waals surface area (Å²) in [5.41, 5.74) is 9.20. The van der Waals surface area contributed by atoms with Gasteiger partial charge in [0.15, 0.2) is 5.82 Å². The van der Waals surface area contributed by atoms with Crippen molar-refractivity contribution >= 4 is 22.6 Å². The Balaban J connectivity index is 1.28. The second-order valence-electron chi connectivity index (χ2n) is 11.3. The maximum Gasteiger partial charge on any atom is 0.152 e. The molecule has 1 aromatic carbocycles. The molecule has 1 fully saturated rings. The zero-order chi connectivity index (χ0) is 28.3. The maximum atomic E-state index is 13.2. The van der Waals surface area contributed by atoms with Crippen molar-refractivity contribution in [2.24, 2.45) is 5.41 Å². The number of nitrogens with one attached hydrogen (secondary N) is 1. The number of rotatable bonds is 6. The lowest BCUT2D eigenvalue weighted by atomic mass is 9.73. The minimum absolute atomic E-state index is 0.0257. The second kappa shape index (κ2) is 11.5. The molecule has 9 nitrogen and oxygen atoms in total. The van der Waals surface area contributed by atoms with Gasteiger partial charge in [-0.25, -0.2) is 23.9 Å². The predicted octanol–water partition coefficient (Wildman–Crippen LogP) is 3.31. The molecule has 0 saturated carbocycles. The van der Waals surface area contributed by atoms with Crippen LogP contribution in [0.1, 0.15) is 62.2 Å². The molecule has 5 rings (SSSR count). The van der Waals surface area contributed by atoms with Gasteiger partial charge in [0.1, 0.15) is 29.6 Å². The minimum atomic E-state index is -1.18. The molecule has 1 aliphatic heterocycles. The number of nitrogens with zero attached hydrogens (tertiary/aromatic N) is 4. The van der Waals surface area contributed by atoms with Crippen molar-refractivity contribution in [1.29, 1.82) is 0 Å². The van der Waals surface area contributed by atoms with Crippen LogP contribution in [-0.4, -0.2) is 48.7 Å². The number of anilines is 2. The molecule has 4 N–H and O–H groups in total. The monoisotopic (exact) mass is 560 g/mol. The standard InChI is InChI=1S/C30H36N6O3S/c1-29(2,3)40(38)35-27-24-9-5-4-7-21(24)18-30(27)11-14-36(15-12-30)28-25(20-37)34-22(19-33-28)8-6-16-39-23-10-13-32-26(31)17-23/h4-5,7,9-10,13,17,19,27,35,37H,11-12,14-16,18,20H2,1-3H3,(H2,31,32)/t27-,40?/m1/s1. The van der Waals surface area contributed by atoms with E-state index >= 15 is 0 Å². The molecule has 3 heterocycles. The number of aliphatic hydroxyl groups excluding tert-OH is 1. The Labute approximate surface area is 238 Å². The number of hydrogen-bond donors (Lipinski definition) is 3. The highest BCUT2D eigenvalue weighted by Gasteiger charge is 2.49. The fraction of sp³-hybridized carbons (Fsp3) is 0.433. The van der Waals surface area contributed by atoms with E-state index in [1.165, 1.54) is 11.1 Å². The number of pyridine rings is 1. The van der Waals surface area contributed by atoms with Crippen molar-refractivity contribution in [2.45, 2.75) is 57.4 Å². The summed E-state index contributed by atoms with van der Waals surface area (Å²) in [5, 5.41) is 10.1. The first-order valence-electron chi connectivity index (χ1n) is 13.5. The van der Waals surface area contributed by atoms with Gasteiger partial charge in [-0.3, -0.25) is 0 Å². The molecule has 1 unspecified atom stereocenters. The van der Waals surface area contributed by atoms with E-state index in [9.17, 15) is 9.32 Å². The molecule has 2 atom stereocenters. The van der Waals surface area contributed by atoms with Crippen LogP contribution in [0.25, 0.3) is 0 Å². The van der Waals surface area contributed by atoms with E-state index in [2.05, 4.69) is 60.7 Å². The second-order valence-corrected chi connectivity index (χ2v) is 13.3. The third kappa shape index (κ3) is 5.97. The lowest BCUT2D eigenvalue weighted by Gasteiger charge is -2.44. The van der Waals surface area contributed by atoms with E-state index < -0.39 is 11.0 Å². The molecule has 10 heteroatoms. The number of nitrogen functional groups attached to an aromatic ring is 1. The summed E-state index contributed by atoms with van der Waals surface area (Å²) in [6.07, 6.45) is 5.99. The first kappa shape index (κ1) is 28.0. The molecule has 0 radical (unpaired) electrons. The van der Waals surface area contributed by atoms with Crippen LogP contribution < -0.4 is 20.1 Å². The molecule has 40 heavy (non-hydrogen) atoms. The summed E-state index contributed by atoms with van der Waals surface area (Å²) in [5.74, 6) is 7.55. The molecule has 1 spiro atoms. The number of fused-ring (bicyclic) bond motifs is 1. The molecule has 1 aliphatic carbocycles. The van der Waals surface area contributed by atoms with Gasteiger partial charge in [0.25, 0.3) is 0 Å². The summed E-state index contributed by atoms with van der Waals surface area (Å²) in [6, 6.07) is 11.9. The first-order valence-corrected chi connectivity index (χ1v) is 14.6. The van der Waals surface area contributed by atoms with Crippen LogP contribution in [-0.2, 0) is 24.0 Å². The first-order chi connectivity index (χ1) is 19.2. The molecule has 0 amide bonds. The Bertz CT molecular complexity index is 1450. The highest BCUT2D eigenvalue weighted by molar-refractivity contribution is 7.84. The van der Waals surface area contributed by atoms with Crippen molar-refractivity contribution in [3.8, 4) is 17.6 Å². The SMILES string of the molecule is CC(C)(C)S(=O)N[C@@H]1c2ccccc2CC12CCN(c1ncc(C#CCOc3ccnc(N)c3)nc1CO)CC2. The predicted molar refractivity (Wildman–Crippen MR) is 157 cm³/mol. The fourth-order valence-corrected chi connectivity index (χ4v) is 6.45. The van der Waals surface area contributed by atoms with Gasteiger partial charge >= 0.3 is 0 Å². The normalized spacial score (nSPS) is 18.6. The summed E-state index contributed by atoms with van der Waals surface area (Å²) >= 11 is 0. The van der Waals surface area contributed by atoms with Gasteiger partial charge in [0.2, 0.25) is 0 Å². The molecular weight excluding hydrogens is 524 g/mol. The van der Waals surface area contributed by atoms with Gasteiger partial charge in [-0.15, -0.1) is 0 Å². The average molecular weight is 561 g/mol. The number of ether oxygens (including phenoxy) is 1. The summed E-state index contributed by atoms with van der Waals surface area (Å²) in [4.78, 5) is 15.3. The van der Waals surface area contributed by atoms with Gasteiger partial charge in [0, 0.05) is 25.4 Å². The minimum Gasteiger partial charge on any atom is -0.481 e. The number of piperidine rings is 1. The number of hydrogen-bond acceptors (Lipinski definition) is 8. The lowest BCUT2D eigenvalue weighted by molar-refractivity contribution is 0.177. The van der Waals surface area contributed by atoms with E-state index in [1.54, 1.807) is 24.5 Å². The topological polar surface area (TPSA) is 126 Å². The van der Waals surface area contributed by atoms with E-state index in [1.807, 2.05) is 20.8 Å². The summed E-state index contributed by atoms with van der Waals surface area (Å²) in [7, 11) is -1.18. The molecule has 0 bridgehead atoms. The molecule has 1 saturated heterocycles. The van der Waals surface area contributed by atoms with E-state index in [0.717, 1.165) is 32.4 Å². The van der Waals surface area contributed by atoms with Crippen LogP contribution in [0.5, 0.6) is 5.75 Å². The molecular formula is C30H36N6O3S. The zero-order valence-electron chi connectivity index (χ0n) is 23.2. The van der Waals surface area contributed by atoms with Crippen LogP contribution in [0.4, 0.5) is 11.6 Å². The Hall–Kier alpha value is -3.52. The van der Waals surface area contributed by atoms with E-state index in [0.29, 0.717) is 28.8 Å². The van der Waals surface area contributed by atoms with Gasteiger partial charge in [-0.05, 0) is 68.6 Å². The molecule has 3 aromatic rings. The molecule has 2 aliphatic rings. The largest absolute Gasteiger partial charge is 0.481 e. The highest BCUT2D eigenvalue weighted by Crippen LogP contribution is 2.52. The van der Waals surface area contributed by atoms with Crippen molar-refractivity contribution in [1.82, 2.24) is 19.7 Å². The summed E-state index contributed by atoms with van der Waals surface area (Å²) in [6.45, 7) is 7.46. The Morgan fingerprint density at radius 1 is 1.23 bits per heavy atom. The smallest absolute Gasteiger partial charge is 0.152 e. The zero-order valence-corrected chi connectivity index (χ0v) is 24.0. The number of aliphatic hydroxyl groups is 1. The van der Waals surface area contributed by atoms with Gasteiger partial charge in [-0.2, -0.15) is 0 Å². The van der Waals surface area contributed by atoms with E-state index in [4.69, 9.17) is 10.5 Å². The van der Waals surface area contributed by atoms with Crippen molar-refractivity contribution in [2.75, 3.05) is 30.3 Å². The van der Waals surface area contributed by atoms with Crippen LogP contribution in [0, 0.1) is 17.3 Å². The summed E-state index contributed by atoms with van der Waals surface area (Å²) < 4.78 is 21.9. The van der Waals surface area contributed by atoms with Crippen LogP contribution >= 0.6 is 0 Å². The molecule has 210 valence electrons. The molecule has 2 aromatic heterocycles. The third-order valence-corrected chi connectivity index (χ3v) is 9.18. The Morgan fingerprint density at radius 3 is 2.73 bits per heavy atom. The third-order valence-electron chi connectivity index (χ3n) is 7.61. The maximum absolute atomic E-state index is 13.2. The number of aromatic nitrogens is 3. The van der Waals surface area contributed by atoms with Crippen LogP contribution in [0.15, 0.2) is 48.8 Å². The highest BCUT2D eigenvalue weighted by atomic mass is 32.2. The van der Waals surface area contributed by atoms with Crippen molar-refractivity contribution in [3.63, 3.8) is 0 Å². The Morgan fingerprint density at radius 2 is 2.00 bits per heavy atom. The average Bonchev–Trinajstić information content (AvgIpc) is 3.23. The fourth-order valence-electron chi connectivity index (χ4n) is 5.50.